The van der Waals surface area contributed by atoms with Gasteiger partial charge in [-0.05, 0) is 49.1 Å². The minimum absolute atomic E-state index is 0.0328. The van der Waals surface area contributed by atoms with E-state index in [1.54, 1.807) is 0 Å². The summed E-state index contributed by atoms with van der Waals surface area (Å²) in [6.45, 7) is 7.92. The Balaban J connectivity index is 1.92. The van der Waals surface area contributed by atoms with Crippen LogP contribution in [0.15, 0.2) is 28.7 Å². The number of fused-ring (bicyclic) bond motifs is 1. The molecule has 0 saturated carbocycles. The lowest BCUT2D eigenvalue weighted by molar-refractivity contribution is 0.0989. The third kappa shape index (κ3) is 3.94. The Kier molecular flexibility index (Phi) is 4.96. The molecule has 1 aromatic carbocycles. The summed E-state index contributed by atoms with van der Waals surface area (Å²) in [7, 11) is 0. The third-order valence-corrected chi connectivity index (χ3v) is 3.39. The van der Waals surface area contributed by atoms with E-state index in [9.17, 15) is 4.79 Å². The highest BCUT2D eigenvalue weighted by atomic mass is 16.3. The van der Waals surface area contributed by atoms with Crippen molar-refractivity contribution in [3.05, 3.63) is 35.6 Å². The Labute approximate surface area is 120 Å². The molecule has 0 amide bonds. The predicted molar refractivity (Wildman–Crippen MR) is 82.0 cm³/mol. The molecule has 0 spiro atoms. The van der Waals surface area contributed by atoms with Gasteiger partial charge >= 0.3 is 0 Å². The lowest BCUT2D eigenvalue weighted by atomic mass is 10.1. The van der Waals surface area contributed by atoms with E-state index in [0.29, 0.717) is 5.76 Å². The van der Waals surface area contributed by atoms with Gasteiger partial charge in [0.2, 0.25) is 0 Å². The van der Waals surface area contributed by atoms with Gasteiger partial charge in [-0.15, -0.1) is 0 Å². The van der Waals surface area contributed by atoms with E-state index < -0.39 is 0 Å². The van der Waals surface area contributed by atoms with Crippen LogP contribution in [0.2, 0.25) is 0 Å². The van der Waals surface area contributed by atoms with Crippen LogP contribution in [-0.4, -0.2) is 12.3 Å². The molecule has 0 saturated heterocycles. The Morgan fingerprint density at radius 3 is 2.80 bits per heavy atom. The SMILES string of the molecule is CC(=O)c1cc2cc(CNCCCC(C)C)ccc2o1. The first-order valence-electron chi connectivity index (χ1n) is 7.30. The van der Waals surface area contributed by atoms with Crippen LogP contribution in [0.3, 0.4) is 0 Å². The number of carbonyl (C=O) groups is 1. The van der Waals surface area contributed by atoms with Gasteiger partial charge in [0.05, 0.1) is 0 Å². The number of Topliss-reactive ketones (excluding diaryl/α,β-unsaturated/α-hetero) is 1. The minimum Gasteiger partial charge on any atom is -0.453 e. The standard InChI is InChI=1S/C17H23NO2/c1-12(2)5-4-8-18-11-14-6-7-16-15(9-14)10-17(20-16)13(3)19/h6-7,9-10,12,18H,4-5,8,11H2,1-3H3. The van der Waals surface area contributed by atoms with Gasteiger partial charge in [0.25, 0.3) is 0 Å². The van der Waals surface area contributed by atoms with E-state index in [0.717, 1.165) is 30.0 Å². The fourth-order valence-electron chi connectivity index (χ4n) is 2.24. The number of furan rings is 1. The fraction of sp³-hybridized carbons (Fsp3) is 0.471. The maximum Gasteiger partial charge on any atom is 0.194 e. The highest BCUT2D eigenvalue weighted by Gasteiger charge is 2.08. The first kappa shape index (κ1) is 14.8. The second kappa shape index (κ2) is 6.71. The van der Waals surface area contributed by atoms with Crippen molar-refractivity contribution in [3.63, 3.8) is 0 Å². The van der Waals surface area contributed by atoms with Crippen molar-refractivity contribution < 1.29 is 9.21 Å². The summed E-state index contributed by atoms with van der Waals surface area (Å²) in [6.07, 6.45) is 2.47. The minimum atomic E-state index is -0.0328. The summed E-state index contributed by atoms with van der Waals surface area (Å²) < 4.78 is 5.48. The van der Waals surface area contributed by atoms with Crippen molar-refractivity contribution >= 4 is 16.8 Å². The number of ketones is 1. The molecular weight excluding hydrogens is 250 g/mol. The van der Waals surface area contributed by atoms with Crippen LogP contribution in [0.5, 0.6) is 0 Å². The third-order valence-electron chi connectivity index (χ3n) is 3.39. The van der Waals surface area contributed by atoms with Crippen molar-refractivity contribution in [2.45, 2.75) is 40.2 Å². The van der Waals surface area contributed by atoms with E-state index >= 15 is 0 Å². The average Bonchev–Trinajstić information content (AvgIpc) is 2.81. The molecule has 0 bridgehead atoms. The van der Waals surface area contributed by atoms with Crippen molar-refractivity contribution in [1.82, 2.24) is 5.32 Å². The van der Waals surface area contributed by atoms with Crippen molar-refractivity contribution in [1.29, 1.82) is 0 Å². The van der Waals surface area contributed by atoms with Gasteiger partial charge in [-0.2, -0.15) is 0 Å². The molecule has 0 fully saturated rings. The van der Waals surface area contributed by atoms with Gasteiger partial charge in [0, 0.05) is 18.9 Å². The predicted octanol–water partition coefficient (Wildman–Crippen LogP) is 4.16. The van der Waals surface area contributed by atoms with E-state index in [-0.39, 0.29) is 5.78 Å². The molecule has 3 nitrogen and oxygen atoms in total. The summed E-state index contributed by atoms with van der Waals surface area (Å²) in [4.78, 5) is 11.3. The summed E-state index contributed by atoms with van der Waals surface area (Å²) >= 11 is 0. The fourth-order valence-corrected chi connectivity index (χ4v) is 2.24. The Morgan fingerprint density at radius 2 is 2.10 bits per heavy atom. The van der Waals surface area contributed by atoms with Crippen molar-refractivity contribution in [2.75, 3.05) is 6.54 Å². The number of carbonyl (C=O) groups excluding carboxylic acids is 1. The lowest BCUT2D eigenvalue weighted by Crippen LogP contribution is -2.15. The summed E-state index contributed by atoms with van der Waals surface area (Å²) in [6, 6.07) is 7.89. The van der Waals surface area contributed by atoms with Crippen LogP contribution in [0.1, 0.15) is 49.7 Å². The number of benzene rings is 1. The van der Waals surface area contributed by atoms with Crippen LogP contribution in [-0.2, 0) is 6.54 Å². The molecule has 108 valence electrons. The van der Waals surface area contributed by atoms with Gasteiger partial charge < -0.3 is 9.73 Å². The highest BCUT2D eigenvalue weighted by Crippen LogP contribution is 2.21. The van der Waals surface area contributed by atoms with E-state index in [1.165, 1.54) is 25.3 Å². The molecule has 0 aliphatic rings. The molecule has 1 N–H and O–H groups in total. The van der Waals surface area contributed by atoms with Gasteiger partial charge in [-0.1, -0.05) is 19.9 Å². The molecular formula is C17H23NO2. The molecule has 1 heterocycles. The number of nitrogens with one attached hydrogen (secondary N) is 1. The summed E-state index contributed by atoms with van der Waals surface area (Å²) in [5.74, 6) is 1.17. The zero-order valence-electron chi connectivity index (χ0n) is 12.5. The first-order chi connectivity index (χ1) is 9.56. The molecule has 0 aliphatic carbocycles. The van der Waals surface area contributed by atoms with Gasteiger partial charge in [-0.3, -0.25) is 4.79 Å². The molecule has 0 aliphatic heterocycles. The largest absolute Gasteiger partial charge is 0.453 e. The van der Waals surface area contributed by atoms with Gasteiger partial charge in [0.1, 0.15) is 5.58 Å². The first-order valence-corrected chi connectivity index (χ1v) is 7.30. The van der Waals surface area contributed by atoms with Crippen molar-refractivity contribution in [2.24, 2.45) is 5.92 Å². The number of hydrogen-bond donors (Lipinski definition) is 1. The molecule has 0 radical (unpaired) electrons. The zero-order chi connectivity index (χ0) is 14.5. The second-order valence-corrected chi connectivity index (χ2v) is 5.75. The van der Waals surface area contributed by atoms with Crippen LogP contribution in [0.4, 0.5) is 0 Å². The molecule has 20 heavy (non-hydrogen) atoms. The average molecular weight is 273 g/mol. The molecule has 3 heteroatoms. The molecule has 1 aromatic heterocycles. The van der Waals surface area contributed by atoms with E-state index in [2.05, 4.69) is 25.2 Å². The number of rotatable bonds is 7. The second-order valence-electron chi connectivity index (χ2n) is 5.75. The van der Waals surface area contributed by atoms with E-state index in [1.807, 2.05) is 18.2 Å². The normalized spacial score (nSPS) is 11.4. The summed E-state index contributed by atoms with van der Waals surface area (Å²) in [5, 5.41) is 4.45. The quantitative estimate of drug-likeness (QED) is 0.608. The zero-order valence-corrected chi connectivity index (χ0v) is 12.5. The maximum atomic E-state index is 11.3. The molecule has 2 rings (SSSR count). The van der Waals surface area contributed by atoms with Crippen LogP contribution < -0.4 is 5.32 Å². The smallest absolute Gasteiger partial charge is 0.194 e. The Bertz CT molecular complexity index is 584. The van der Waals surface area contributed by atoms with Gasteiger partial charge in [0.15, 0.2) is 11.5 Å². The topological polar surface area (TPSA) is 42.2 Å². The van der Waals surface area contributed by atoms with E-state index in [4.69, 9.17) is 4.42 Å². The molecule has 0 unspecified atom stereocenters. The highest BCUT2D eigenvalue weighted by molar-refractivity contribution is 5.96. The van der Waals surface area contributed by atoms with Crippen LogP contribution in [0, 0.1) is 5.92 Å². The van der Waals surface area contributed by atoms with Crippen molar-refractivity contribution in [3.8, 4) is 0 Å². The Morgan fingerprint density at radius 1 is 1.30 bits per heavy atom. The molecule has 2 aromatic rings. The van der Waals surface area contributed by atoms with Gasteiger partial charge in [-0.25, -0.2) is 0 Å². The van der Waals surface area contributed by atoms with Crippen LogP contribution in [0.25, 0.3) is 11.0 Å². The Hall–Kier alpha value is -1.61. The monoisotopic (exact) mass is 273 g/mol. The van der Waals surface area contributed by atoms with Crippen LogP contribution >= 0.6 is 0 Å². The number of hydrogen-bond acceptors (Lipinski definition) is 3. The molecule has 0 atom stereocenters. The maximum absolute atomic E-state index is 11.3. The summed E-state index contributed by atoms with van der Waals surface area (Å²) in [5.41, 5.74) is 2.00. The lowest BCUT2D eigenvalue weighted by Gasteiger charge is -2.06.